The summed E-state index contributed by atoms with van der Waals surface area (Å²) < 4.78 is 59.2. The zero-order valence-electron chi connectivity index (χ0n) is 23.2. The lowest BCUT2D eigenvalue weighted by Crippen LogP contribution is -2.48. The fourth-order valence-electron chi connectivity index (χ4n) is 5.45. The standard InChI is InChI=1S/C31H32F3N3O3/c1-6-36-16-21(15-35-36)20-8-9-26-22(14-20)23-11-18(2)37(17-31(3,4)34)29(30(23)40-26)28-24(32)12-19(13-25(28)33)7-10-27(38)39-5/h7-10,12-16,18,29H,6,11,17H2,1-5H3/b10-7+/t18-,29-/m1/s1. The van der Waals surface area contributed by atoms with Crippen LogP contribution in [-0.4, -0.2) is 46.0 Å². The van der Waals surface area contributed by atoms with Crippen LogP contribution in [0, 0.1) is 11.6 Å². The number of fused-ring (bicyclic) bond motifs is 3. The van der Waals surface area contributed by atoms with Gasteiger partial charge in [-0.1, -0.05) is 6.07 Å². The molecule has 0 fully saturated rings. The van der Waals surface area contributed by atoms with Crippen molar-refractivity contribution in [3.8, 4) is 11.1 Å². The Bertz CT molecular complexity index is 1580. The summed E-state index contributed by atoms with van der Waals surface area (Å²) in [5.74, 6) is -1.88. The summed E-state index contributed by atoms with van der Waals surface area (Å²) in [5.41, 5.74) is 1.65. The number of halogens is 3. The van der Waals surface area contributed by atoms with Crippen molar-refractivity contribution >= 4 is 23.0 Å². The number of carbonyl (C=O) groups excluding carboxylic acids is 1. The normalized spacial score (nSPS) is 18.0. The van der Waals surface area contributed by atoms with Crippen molar-refractivity contribution in [3.05, 3.63) is 82.9 Å². The third-order valence-electron chi connectivity index (χ3n) is 7.30. The van der Waals surface area contributed by atoms with Crippen LogP contribution in [0.4, 0.5) is 13.2 Å². The van der Waals surface area contributed by atoms with Crippen molar-refractivity contribution in [2.75, 3.05) is 13.7 Å². The first-order valence-electron chi connectivity index (χ1n) is 13.3. The maximum absolute atomic E-state index is 15.7. The number of benzene rings is 2. The van der Waals surface area contributed by atoms with E-state index in [2.05, 4.69) is 9.84 Å². The van der Waals surface area contributed by atoms with Crippen molar-refractivity contribution < 1.29 is 27.1 Å². The zero-order chi connectivity index (χ0) is 28.8. The largest absolute Gasteiger partial charge is 0.466 e. The van der Waals surface area contributed by atoms with Crippen LogP contribution in [0.15, 0.2) is 53.2 Å². The smallest absolute Gasteiger partial charge is 0.330 e. The number of hydrogen-bond acceptors (Lipinski definition) is 5. The lowest BCUT2D eigenvalue weighted by Gasteiger charge is -2.42. The SMILES string of the molecule is CCn1cc(-c2ccc3oc4c(c3c2)C[C@@H](C)N(CC(C)(C)F)[C@@H]4c2c(F)cc(/C=C/C(=O)OC)cc2F)cn1. The van der Waals surface area contributed by atoms with E-state index in [9.17, 15) is 4.79 Å². The van der Waals surface area contributed by atoms with Gasteiger partial charge >= 0.3 is 5.97 Å². The van der Waals surface area contributed by atoms with Gasteiger partial charge in [0, 0.05) is 53.5 Å². The van der Waals surface area contributed by atoms with E-state index in [4.69, 9.17) is 4.42 Å². The summed E-state index contributed by atoms with van der Waals surface area (Å²) in [7, 11) is 1.22. The second-order valence-corrected chi connectivity index (χ2v) is 10.8. The summed E-state index contributed by atoms with van der Waals surface area (Å²) in [6.45, 7) is 7.52. The number of carbonyl (C=O) groups is 1. The van der Waals surface area contributed by atoms with Gasteiger partial charge in [0.2, 0.25) is 0 Å². The molecule has 3 heterocycles. The van der Waals surface area contributed by atoms with Crippen LogP contribution in [0.1, 0.15) is 56.2 Å². The first-order chi connectivity index (χ1) is 19.0. The van der Waals surface area contributed by atoms with Gasteiger partial charge in [-0.25, -0.2) is 18.0 Å². The number of rotatable bonds is 7. The molecule has 0 spiro atoms. The zero-order valence-corrected chi connectivity index (χ0v) is 23.2. The van der Waals surface area contributed by atoms with Crippen LogP contribution in [0.2, 0.25) is 0 Å². The van der Waals surface area contributed by atoms with Gasteiger partial charge in [0.25, 0.3) is 0 Å². The molecular formula is C31H32F3N3O3. The molecule has 2 atom stereocenters. The number of aromatic nitrogens is 2. The predicted octanol–water partition coefficient (Wildman–Crippen LogP) is 6.86. The van der Waals surface area contributed by atoms with Gasteiger partial charge in [-0.05, 0) is 75.6 Å². The minimum Gasteiger partial charge on any atom is -0.466 e. The van der Waals surface area contributed by atoms with Crippen molar-refractivity contribution in [1.82, 2.24) is 14.7 Å². The van der Waals surface area contributed by atoms with Gasteiger partial charge in [-0.2, -0.15) is 5.10 Å². The van der Waals surface area contributed by atoms with E-state index in [1.54, 1.807) is 11.1 Å². The van der Waals surface area contributed by atoms with E-state index in [1.807, 2.05) is 42.9 Å². The predicted molar refractivity (Wildman–Crippen MR) is 147 cm³/mol. The summed E-state index contributed by atoms with van der Waals surface area (Å²) >= 11 is 0. The number of furan rings is 1. The Hall–Kier alpha value is -3.85. The van der Waals surface area contributed by atoms with Crippen molar-refractivity contribution in [2.45, 2.75) is 58.4 Å². The molecule has 6 nitrogen and oxygen atoms in total. The van der Waals surface area contributed by atoms with Gasteiger partial charge in [-0.15, -0.1) is 0 Å². The summed E-state index contributed by atoms with van der Waals surface area (Å²) in [4.78, 5) is 13.2. The molecule has 5 rings (SSSR count). The molecule has 0 unspecified atom stereocenters. The van der Waals surface area contributed by atoms with E-state index in [0.29, 0.717) is 17.8 Å². The van der Waals surface area contributed by atoms with E-state index in [-0.39, 0.29) is 23.7 Å². The van der Waals surface area contributed by atoms with Crippen molar-refractivity contribution in [2.24, 2.45) is 0 Å². The highest BCUT2D eigenvalue weighted by Crippen LogP contribution is 2.45. The Balaban J connectivity index is 1.66. The average molecular weight is 552 g/mol. The van der Waals surface area contributed by atoms with Gasteiger partial charge in [0.05, 0.1) is 13.3 Å². The lowest BCUT2D eigenvalue weighted by molar-refractivity contribution is -0.134. The van der Waals surface area contributed by atoms with Crippen LogP contribution in [0.25, 0.3) is 28.2 Å². The Morgan fingerprint density at radius 1 is 1.20 bits per heavy atom. The van der Waals surface area contributed by atoms with Gasteiger partial charge in [0.1, 0.15) is 34.7 Å². The number of ether oxygens (including phenoxy) is 1. The number of alkyl halides is 1. The van der Waals surface area contributed by atoms with Crippen LogP contribution in [0.5, 0.6) is 0 Å². The fraction of sp³-hybridized carbons (Fsp3) is 0.355. The van der Waals surface area contributed by atoms with E-state index >= 15 is 13.2 Å². The van der Waals surface area contributed by atoms with Crippen LogP contribution >= 0.6 is 0 Å². The van der Waals surface area contributed by atoms with E-state index in [0.717, 1.165) is 46.8 Å². The molecular weight excluding hydrogens is 519 g/mol. The number of methoxy groups -OCH3 is 1. The fourth-order valence-corrected chi connectivity index (χ4v) is 5.45. The molecule has 0 saturated heterocycles. The highest BCUT2D eigenvalue weighted by molar-refractivity contribution is 5.88. The van der Waals surface area contributed by atoms with Crippen molar-refractivity contribution in [3.63, 3.8) is 0 Å². The molecule has 0 bridgehead atoms. The molecule has 40 heavy (non-hydrogen) atoms. The number of hydrogen-bond donors (Lipinski definition) is 0. The first-order valence-corrected chi connectivity index (χ1v) is 13.3. The van der Waals surface area contributed by atoms with Gasteiger partial charge in [0.15, 0.2) is 0 Å². The minimum absolute atomic E-state index is 0.0559. The molecule has 4 aromatic rings. The van der Waals surface area contributed by atoms with Gasteiger partial charge in [-0.3, -0.25) is 9.58 Å². The molecule has 9 heteroatoms. The molecule has 2 aromatic heterocycles. The lowest BCUT2D eigenvalue weighted by atomic mass is 9.87. The highest BCUT2D eigenvalue weighted by Gasteiger charge is 2.42. The molecule has 1 aliphatic heterocycles. The second-order valence-electron chi connectivity index (χ2n) is 10.8. The highest BCUT2D eigenvalue weighted by atomic mass is 19.1. The molecule has 0 aliphatic carbocycles. The third-order valence-corrected chi connectivity index (χ3v) is 7.30. The number of nitrogens with zero attached hydrogens (tertiary/aromatic N) is 3. The van der Waals surface area contributed by atoms with E-state index in [1.165, 1.54) is 27.0 Å². The number of aryl methyl sites for hydroxylation is 1. The quantitative estimate of drug-likeness (QED) is 0.185. The maximum Gasteiger partial charge on any atom is 0.330 e. The van der Waals surface area contributed by atoms with Gasteiger partial charge < -0.3 is 9.15 Å². The number of esters is 1. The van der Waals surface area contributed by atoms with Crippen LogP contribution in [-0.2, 0) is 22.5 Å². The molecule has 0 radical (unpaired) electrons. The molecule has 2 aromatic carbocycles. The monoisotopic (exact) mass is 551 g/mol. The molecule has 210 valence electrons. The summed E-state index contributed by atoms with van der Waals surface area (Å²) in [5, 5.41) is 5.22. The summed E-state index contributed by atoms with van der Waals surface area (Å²) in [6, 6.07) is 6.87. The third kappa shape index (κ3) is 5.30. The molecule has 0 amide bonds. The Morgan fingerprint density at radius 2 is 1.93 bits per heavy atom. The Morgan fingerprint density at radius 3 is 2.55 bits per heavy atom. The van der Waals surface area contributed by atoms with Crippen LogP contribution < -0.4 is 0 Å². The molecule has 0 saturated carbocycles. The molecule has 1 aliphatic rings. The van der Waals surface area contributed by atoms with Crippen LogP contribution in [0.3, 0.4) is 0 Å². The summed E-state index contributed by atoms with van der Waals surface area (Å²) in [6.07, 6.45) is 6.66. The first kappa shape index (κ1) is 27.7. The maximum atomic E-state index is 15.7. The Kier molecular flexibility index (Phi) is 7.35. The Labute approximate surface area is 231 Å². The molecule has 0 N–H and O–H groups in total. The minimum atomic E-state index is -1.63. The van der Waals surface area contributed by atoms with E-state index < -0.39 is 29.3 Å². The topological polar surface area (TPSA) is 60.5 Å². The second kappa shape index (κ2) is 10.6. The van der Waals surface area contributed by atoms with Crippen molar-refractivity contribution in [1.29, 1.82) is 0 Å². The average Bonchev–Trinajstić information content (AvgIpc) is 3.52.